The molecule has 0 N–H and O–H groups in total. The Kier molecular flexibility index (Phi) is 5.23. The van der Waals surface area contributed by atoms with Crippen LogP contribution in [0.3, 0.4) is 0 Å². The van der Waals surface area contributed by atoms with Gasteiger partial charge in [0.2, 0.25) is 5.91 Å². The summed E-state index contributed by atoms with van der Waals surface area (Å²) in [4.78, 5) is 20.5. The second-order valence-corrected chi connectivity index (χ2v) is 8.99. The molecule has 1 amide bonds. The molecule has 2 aliphatic heterocycles. The molecular formula is C25H30FN3O. The number of likely N-dealkylation sites (tertiary alicyclic amines) is 1. The van der Waals surface area contributed by atoms with Crippen LogP contribution < -0.4 is 4.90 Å². The largest absolute Gasteiger partial charge is 0.369 e. The number of carbonyl (C=O) groups excluding carboxylic acids is 1. The molecule has 0 spiro atoms. The van der Waals surface area contributed by atoms with Gasteiger partial charge in [-0.15, -0.1) is 0 Å². The number of piperazine rings is 1. The lowest BCUT2D eigenvalue weighted by molar-refractivity contribution is -0.136. The molecule has 30 heavy (non-hydrogen) atoms. The first-order valence-electron chi connectivity index (χ1n) is 11.3. The summed E-state index contributed by atoms with van der Waals surface area (Å²) in [5.74, 6) is 0.150. The highest BCUT2D eigenvalue weighted by molar-refractivity contribution is 5.91. The van der Waals surface area contributed by atoms with Crippen molar-refractivity contribution >= 4 is 11.6 Å². The Labute approximate surface area is 178 Å². The number of hydrogen-bond acceptors (Lipinski definition) is 3. The monoisotopic (exact) mass is 407 g/mol. The summed E-state index contributed by atoms with van der Waals surface area (Å²) in [6, 6.07) is 17.6. The molecule has 3 aliphatic rings. The van der Waals surface area contributed by atoms with Crippen LogP contribution in [0, 0.1) is 5.82 Å². The fourth-order valence-corrected chi connectivity index (χ4v) is 5.25. The van der Waals surface area contributed by atoms with Crippen molar-refractivity contribution in [3.05, 3.63) is 66.0 Å². The lowest BCUT2D eigenvalue weighted by atomic mass is 9.92. The zero-order chi connectivity index (χ0) is 20.6. The summed E-state index contributed by atoms with van der Waals surface area (Å²) in [5.41, 5.74) is 2.02. The highest BCUT2D eigenvalue weighted by Gasteiger charge is 2.53. The van der Waals surface area contributed by atoms with E-state index in [4.69, 9.17) is 0 Å². The van der Waals surface area contributed by atoms with Gasteiger partial charge in [-0.05, 0) is 55.5 Å². The Morgan fingerprint density at radius 1 is 0.900 bits per heavy atom. The molecule has 158 valence electrons. The van der Waals surface area contributed by atoms with Gasteiger partial charge in [0.05, 0.1) is 5.41 Å². The molecule has 1 saturated carbocycles. The smallest absolute Gasteiger partial charge is 0.233 e. The number of carbonyl (C=O) groups is 1. The van der Waals surface area contributed by atoms with Gasteiger partial charge in [-0.1, -0.05) is 30.3 Å². The summed E-state index contributed by atoms with van der Waals surface area (Å²) in [7, 11) is 0. The van der Waals surface area contributed by atoms with Gasteiger partial charge in [0.15, 0.2) is 0 Å². The molecule has 2 heterocycles. The van der Waals surface area contributed by atoms with E-state index in [1.165, 1.54) is 24.1 Å². The first-order chi connectivity index (χ1) is 14.7. The van der Waals surface area contributed by atoms with Crippen molar-refractivity contribution in [2.24, 2.45) is 0 Å². The van der Waals surface area contributed by atoms with E-state index in [0.29, 0.717) is 11.9 Å². The Morgan fingerprint density at radius 2 is 1.60 bits per heavy atom. The van der Waals surface area contributed by atoms with Gasteiger partial charge in [-0.2, -0.15) is 0 Å². The number of rotatable bonds is 4. The molecule has 1 aliphatic carbocycles. The van der Waals surface area contributed by atoms with Gasteiger partial charge < -0.3 is 9.80 Å². The van der Waals surface area contributed by atoms with E-state index >= 15 is 0 Å². The van der Waals surface area contributed by atoms with E-state index in [0.717, 1.165) is 64.2 Å². The van der Waals surface area contributed by atoms with Crippen molar-refractivity contribution < 1.29 is 9.18 Å². The van der Waals surface area contributed by atoms with Crippen molar-refractivity contribution in [3.63, 3.8) is 0 Å². The Morgan fingerprint density at radius 3 is 2.27 bits per heavy atom. The predicted octanol–water partition coefficient (Wildman–Crippen LogP) is 3.67. The van der Waals surface area contributed by atoms with Crippen LogP contribution in [0.2, 0.25) is 0 Å². The van der Waals surface area contributed by atoms with Gasteiger partial charge in [0, 0.05) is 51.0 Å². The SMILES string of the molecule is O=C(N1CCCC(N2CCN(c3ccc(F)cc3)CC2)C1)C1(c2ccccc2)CC1. The Balaban J connectivity index is 1.20. The summed E-state index contributed by atoms with van der Waals surface area (Å²) < 4.78 is 13.2. The maximum atomic E-state index is 13.4. The fourth-order valence-electron chi connectivity index (χ4n) is 5.25. The first-order valence-corrected chi connectivity index (χ1v) is 11.3. The minimum Gasteiger partial charge on any atom is -0.369 e. The van der Waals surface area contributed by atoms with Crippen LogP contribution in [0.5, 0.6) is 0 Å². The lowest BCUT2D eigenvalue weighted by Gasteiger charge is -2.44. The Hall–Kier alpha value is -2.40. The van der Waals surface area contributed by atoms with E-state index in [9.17, 15) is 9.18 Å². The molecule has 3 fully saturated rings. The lowest BCUT2D eigenvalue weighted by Crippen LogP contribution is -2.56. The van der Waals surface area contributed by atoms with Crippen molar-refractivity contribution in [2.75, 3.05) is 44.2 Å². The van der Waals surface area contributed by atoms with Gasteiger partial charge >= 0.3 is 0 Å². The van der Waals surface area contributed by atoms with Crippen LogP contribution in [0.1, 0.15) is 31.2 Å². The fraction of sp³-hybridized carbons (Fsp3) is 0.480. The molecule has 5 rings (SSSR count). The quantitative estimate of drug-likeness (QED) is 0.774. The molecule has 0 radical (unpaired) electrons. The number of halogens is 1. The highest BCUT2D eigenvalue weighted by atomic mass is 19.1. The van der Waals surface area contributed by atoms with Crippen molar-refractivity contribution in [1.82, 2.24) is 9.80 Å². The maximum absolute atomic E-state index is 13.4. The summed E-state index contributed by atoms with van der Waals surface area (Å²) in [6.45, 7) is 5.62. The normalized spacial score (nSPS) is 24.0. The van der Waals surface area contributed by atoms with E-state index in [1.54, 1.807) is 0 Å². The van der Waals surface area contributed by atoms with Crippen LogP contribution in [0.4, 0.5) is 10.1 Å². The average molecular weight is 408 g/mol. The zero-order valence-corrected chi connectivity index (χ0v) is 17.5. The van der Waals surface area contributed by atoms with Crippen LogP contribution >= 0.6 is 0 Å². The number of nitrogens with zero attached hydrogens (tertiary/aromatic N) is 3. The third kappa shape index (κ3) is 3.71. The van der Waals surface area contributed by atoms with Crippen molar-refractivity contribution in [3.8, 4) is 0 Å². The maximum Gasteiger partial charge on any atom is 0.233 e. The van der Waals surface area contributed by atoms with E-state index in [2.05, 4.69) is 26.8 Å². The number of hydrogen-bond donors (Lipinski definition) is 0. The average Bonchev–Trinajstić information content (AvgIpc) is 3.62. The third-order valence-electron chi connectivity index (χ3n) is 7.19. The van der Waals surface area contributed by atoms with Crippen LogP contribution in [-0.4, -0.2) is 61.0 Å². The zero-order valence-electron chi connectivity index (χ0n) is 17.5. The van der Waals surface area contributed by atoms with Crippen LogP contribution in [-0.2, 0) is 10.2 Å². The third-order valence-corrected chi connectivity index (χ3v) is 7.19. The van der Waals surface area contributed by atoms with Crippen LogP contribution in [0.25, 0.3) is 0 Å². The molecule has 4 nitrogen and oxygen atoms in total. The van der Waals surface area contributed by atoms with Gasteiger partial charge in [0.25, 0.3) is 0 Å². The van der Waals surface area contributed by atoms with Crippen LogP contribution in [0.15, 0.2) is 54.6 Å². The second-order valence-electron chi connectivity index (χ2n) is 8.99. The number of anilines is 1. The number of piperidine rings is 1. The topological polar surface area (TPSA) is 26.8 Å². The molecule has 0 aromatic heterocycles. The highest BCUT2D eigenvalue weighted by Crippen LogP contribution is 2.49. The predicted molar refractivity (Wildman–Crippen MR) is 117 cm³/mol. The molecule has 1 unspecified atom stereocenters. The molecule has 2 aromatic rings. The number of amides is 1. The molecule has 2 saturated heterocycles. The van der Waals surface area contributed by atoms with Gasteiger partial charge in [-0.3, -0.25) is 9.69 Å². The molecular weight excluding hydrogens is 377 g/mol. The minimum absolute atomic E-state index is 0.187. The summed E-state index contributed by atoms with van der Waals surface area (Å²) in [5, 5.41) is 0. The summed E-state index contributed by atoms with van der Waals surface area (Å²) in [6.07, 6.45) is 4.21. The van der Waals surface area contributed by atoms with Gasteiger partial charge in [0.1, 0.15) is 5.82 Å². The van der Waals surface area contributed by atoms with Gasteiger partial charge in [-0.25, -0.2) is 4.39 Å². The standard InChI is InChI=1S/C25H30FN3O/c26-21-8-10-22(11-9-21)27-15-17-28(18-16-27)23-7-4-14-29(19-23)24(30)25(12-13-25)20-5-2-1-3-6-20/h1-3,5-6,8-11,23H,4,7,12-19H2. The molecule has 2 aromatic carbocycles. The molecule has 0 bridgehead atoms. The number of benzene rings is 2. The Bertz CT molecular complexity index is 873. The van der Waals surface area contributed by atoms with Crippen molar-refractivity contribution in [2.45, 2.75) is 37.1 Å². The molecule has 1 atom stereocenters. The second kappa shape index (κ2) is 8.03. The van der Waals surface area contributed by atoms with Crippen molar-refractivity contribution in [1.29, 1.82) is 0 Å². The molecule has 5 heteroatoms. The van der Waals surface area contributed by atoms with E-state index in [-0.39, 0.29) is 11.2 Å². The van der Waals surface area contributed by atoms with E-state index < -0.39 is 0 Å². The van der Waals surface area contributed by atoms with E-state index in [1.807, 2.05) is 30.3 Å². The minimum atomic E-state index is -0.259. The first kappa shape index (κ1) is 19.6. The summed E-state index contributed by atoms with van der Waals surface area (Å²) >= 11 is 0.